The summed E-state index contributed by atoms with van der Waals surface area (Å²) in [4.78, 5) is 0. The Labute approximate surface area is 129 Å². The molecule has 0 aliphatic heterocycles. The summed E-state index contributed by atoms with van der Waals surface area (Å²) in [6.45, 7) is 4.40. The second-order valence-electron chi connectivity index (χ2n) is 6.11. The minimum atomic E-state index is 1.28. The Morgan fingerprint density at radius 3 is 1.50 bits per heavy atom. The van der Waals surface area contributed by atoms with Gasteiger partial charge in [-0.25, -0.2) is 0 Å². The van der Waals surface area contributed by atoms with E-state index in [4.69, 9.17) is 0 Å². The van der Waals surface area contributed by atoms with Crippen LogP contribution in [0.25, 0.3) is 0 Å². The summed E-state index contributed by atoms with van der Waals surface area (Å²) < 4.78 is 0. The molecular weight excluding hydrogens is 240 g/mol. The zero-order valence-corrected chi connectivity index (χ0v) is 14.3. The topological polar surface area (TPSA) is 0 Å². The van der Waals surface area contributed by atoms with Crippen LogP contribution in [0.2, 0.25) is 0 Å². The summed E-state index contributed by atoms with van der Waals surface area (Å²) in [6, 6.07) is 0. The lowest BCUT2D eigenvalue weighted by atomic mass is 10.0. The van der Waals surface area contributed by atoms with E-state index in [2.05, 4.69) is 32.4 Å². The largest absolute Gasteiger partial charge is 0.0917 e. The van der Waals surface area contributed by atoms with Crippen LogP contribution in [0.15, 0.2) is 12.2 Å². The van der Waals surface area contributed by atoms with E-state index in [-0.39, 0.29) is 0 Å². The Morgan fingerprint density at radius 1 is 0.550 bits per heavy atom. The fraction of sp³-hybridized carbons (Fsp3) is 0.850. The van der Waals surface area contributed by atoms with Crippen LogP contribution >= 0.6 is 0 Å². The lowest BCUT2D eigenvalue weighted by Gasteiger charge is -2.02. The maximum absolute atomic E-state index is 2.53. The van der Waals surface area contributed by atoms with E-state index in [0.717, 1.165) is 0 Å². The third kappa shape index (κ3) is 17.7. The third-order valence-electron chi connectivity index (χ3n) is 4.03. The summed E-state index contributed by atoms with van der Waals surface area (Å²) in [6.07, 6.45) is 28.1. The van der Waals surface area contributed by atoms with E-state index >= 15 is 0 Å². The van der Waals surface area contributed by atoms with E-state index < -0.39 is 0 Å². The first-order chi connectivity index (χ1) is 9.91. The molecule has 0 fully saturated rings. The highest BCUT2D eigenvalue weighted by Crippen LogP contribution is 2.13. The first-order valence-corrected chi connectivity index (χ1v) is 9.34. The fourth-order valence-electron chi connectivity index (χ4n) is 2.64. The first kappa shape index (κ1) is 19.7. The smallest absolute Gasteiger partial charge is 0.0351 e. The van der Waals surface area contributed by atoms with Gasteiger partial charge in [-0.3, -0.25) is 0 Å². The number of hydrogen-bond donors (Lipinski definition) is 0. The van der Waals surface area contributed by atoms with E-state index in [0.29, 0.717) is 0 Å². The molecule has 0 aromatic carbocycles. The van der Waals surface area contributed by atoms with E-state index in [1.54, 1.807) is 0 Å². The minimum Gasteiger partial charge on any atom is -0.0917 e. The molecular formula is C20H39. The second kappa shape index (κ2) is 18.7. The maximum atomic E-state index is 2.53. The lowest BCUT2D eigenvalue weighted by Crippen LogP contribution is -1.84. The van der Waals surface area contributed by atoms with Crippen molar-refractivity contribution in [2.45, 2.75) is 110 Å². The van der Waals surface area contributed by atoms with Crippen molar-refractivity contribution >= 4 is 0 Å². The van der Waals surface area contributed by atoms with Gasteiger partial charge < -0.3 is 0 Å². The van der Waals surface area contributed by atoms with Gasteiger partial charge in [-0.15, -0.1) is 0 Å². The minimum absolute atomic E-state index is 1.28. The molecule has 0 amide bonds. The molecule has 0 aliphatic carbocycles. The van der Waals surface area contributed by atoms with E-state index in [9.17, 15) is 0 Å². The van der Waals surface area contributed by atoms with Gasteiger partial charge in [0.1, 0.15) is 0 Å². The third-order valence-corrected chi connectivity index (χ3v) is 4.03. The molecule has 0 aromatic heterocycles. The van der Waals surface area contributed by atoms with Crippen LogP contribution in [0.3, 0.4) is 0 Å². The zero-order chi connectivity index (χ0) is 14.7. The second-order valence-corrected chi connectivity index (χ2v) is 6.11. The number of hydrogen-bond acceptors (Lipinski definition) is 0. The summed E-state index contributed by atoms with van der Waals surface area (Å²) in [5.41, 5.74) is 0. The monoisotopic (exact) mass is 279 g/mol. The zero-order valence-electron chi connectivity index (χ0n) is 14.3. The lowest BCUT2D eigenvalue weighted by molar-refractivity contribution is 0.577. The van der Waals surface area contributed by atoms with Gasteiger partial charge in [-0.2, -0.15) is 0 Å². The van der Waals surface area contributed by atoms with Crippen molar-refractivity contribution in [3.63, 3.8) is 0 Å². The van der Waals surface area contributed by atoms with Gasteiger partial charge in [-0.05, 0) is 26.2 Å². The molecule has 0 rings (SSSR count). The molecule has 0 unspecified atom stereocenters. The normalized spacial score (nSPS) is 11.5. The van der Waals surface area contributed by atoms with Crippen molar-refractivity contribution in [2.75, 3.05) is 0 Å². The highest BCUT2D eigenvalue weighted by Gasteiger charge is 1.94. The van der Waals surface area contributed by atoms with Gasteiger partial charge in [0, 0.05) is 0 Å². The van der Waals surface area contributed by atoms with Crippen LogP contribution < -0.4 is 0 Å². The molecule has 0 aliphatic rings. The van der Waals surface area contributed by atoms with Crippen LogP contribution in [-0.2, 0) is 0 Å². The SMILES string of the molecule is CC=CCCCCCCCC[CH]CCCCCCCC. The standard InChI is InChI=1S/C20H39/c1-3-5-7-9-11-13-15-17-19-20-18-16-14-12-10-8-6-4-2/h3,5,18H,4,6-17,19-20H2,1-2H3. The van der Waals surface area contributed by atoms with Crippen LogP contribution in [0.4, 0.5) is 0 Å². The molecule has 0 atom stereocenters. The number of unbranched alkanes of at least 4 members (excludes halogenated alkanes) is 15. The van der Waals surface area contributed by atoms with Gasteiger partial charge in [-0.1, -0.05) is 103 Å². The molecule has 0 heteroatoms. The number of rotatable bonds is 16. The summed E-state index contributed by atoms with van der Waals surface area (Å²) >= 11 is 0. The highest BCUT2D eigenvalue weighted by atomic mass is 14.0. The Bertz CT molecular complexity index is 180. The summed E-state index contributed by atoms with van der Waals surface area (Å²) in [7, 11) is 0. The van der Waals surface area contributed by atoms with Gasteiger partial charge in [0.05, 0.1) is 0 Å². The average molecular weight is 280 g/mol. The maximum Gasteiger partial charge on any atom is -0.0351 e. The first-order valence-electron chi connectivity index (χ1n) is 9.34. The molecule has 0 saturated heterocycles. The van der Waals surface area contributed by atoms with Crippen molar-refractivity contribution in [1.29, 1.82) is 0 Å². The Balaban J connectivity index is 2.92. The Hall–Kier alpha value is -0.260. The van der Waals surface area contributed by atoms with Crippen LogP contribution in [0.5, 0.6) is 0 Å². The molecule has 0 aromatic rings. The molecule has 1 radical (unpaired) electrons. The summed E-state index contributed by atoms with van der Waals surface area (Å²) in [5.74, 6) is 0. The molecule has 0 saturated carbocycles. The van der Waals surface area contributed by atoms with Gasteiger partial charge in [0.2, 0.25) is 0 Å². The predicted octanol–water partition coefficient (Wildman–Crippen LogP) is 7.64. The number of allylic oxidation sites excluding steroid dienone is 2. The van der Waals surface area contributed by atoms with Crippen molar-refractivity contribution in [3.05, 3.63) is 18.6 Å². The predicted molar refractivity (Wildman–Crippen MR) is 94.0 cm³/mol. The quantitative estimate of drug-likeness (QED) is 0.201. The van der Waals surface area contributed by atoms with E-state index in [1.165, 1.54) is 96.3 Å². The highest BCUT2D eigenvalue weighted by molar-refractivity contribution is 4.76. The van der Waals surface area contributed by atoms with Crippen molar-refractivity contribution < 1.29 is 0 Å². The Morgan fingerprint density at radius 2 is 1.00 bits per heavy atom. The average Bonchev–Trinajstić information content (AvgIpc) is 2.47. The van der Waals surface area contributed by atoms with Crippen molar-refractivity contribution in [3.8, 4) is 0 Å². The van der Waals surface area contributed by atoms with Crippen molar-refractivity contribution in [1.82, 2.24) is 0 Å². The molecule has 0 bridgehead atoms. The fourth-order valence-corrected chi connectivity index (χ4v) is 2.64. The molecule has 0 nitrogen and oxygen atoms in total. The van der Waals surface area contributed by atoms with E-state index in [1.807, 2.05) is 0 Å². The van der Waals surface area contributed by atoms with Crippen LogP contribution in [0, 0.1) is 6.42 Å². The molecule has 119 valence electrons. The molecule has 0 N–H and O–H groups in total. The molecule has 0 heterocycles. The van der Waals surface area contributed by atoms with Gasteiger partial charge in [0.25, 0.3) is 0 Å². The van der Waals surface area contributed by atoms with Crippen molar-refractivity contribution in [2.24, 2.45) is 0 Å². The molecule has 0 spiro atoms. The molecule has 20 heavy (non-hydrogen) atoms. The van der Waals surface area contributed by atoms with Gasteiger partial charge >= 0.3 is 0 Å². The van der Waals surface area contributed by atoms with Gasteiger partial charge in [0.15, 0.2) is 0 Å². The summed E-state index contributed by atoms with van der Waals surface area (Å²) in [5, 5.41) is 0. The van der Waals surface area contributed by atoms with Crippen LogP contribution in [0.1, 0.15) is 110 Å². The van der Waals surface area contributed by atoms with Crippen LogP contribution in [-0.4, -0.2) is 0 Å². The Kier molecular flexibility index (Phi) is 18.5.